The average molecular weight is 537 g/mol. The lowest BCUT2D eigenvalue weighted by Crippen LogP contribution is -2.34. The molecule has 0 radical (unpaired) electrons. The minimum atomic E-state index is -0.699. The first kappa shape index (κ1) is 27.5. The van der Waals surface area contributed by atoms with Gasteiger partial charge < -0.3 is 37.9 Å². The molecule has 1 aliphatic heterocycles. The van der Waals surface area contributed by atoms with Crippen molar-refractivity contribution in [3.05, 3.63) is 71.3 Å². The molecule has 3 aromatic carbocycles. The second-order valence-corrected chi connectivity index (χ2v) is 8.59. The van der Waals surface area contributed by atoms with E-state index < -0.39 is 18.2 Å². The zero-order valence-electron chi connectivity index (χ0n) is 22.8. The van der Waals surface area contributed by atoms with Gasteiger partial charge in [-0.05, 0) is 35.9 Å². The first-order chi connectivity index (χ1) is 18.9. The van der Waals surface area contributed by atoms with Crippen molar-refractivity contribution in [1.82, 2.24) is 0 Å². The van der Waals surface area contributed by atoms with Gasteiger partial charge in [-0.25, -0.2) is 4.79 Å². The molecule has 4 rings (SSSR count). The molecule has 2 atom stereocenters. The van der Waals surface area contributed by atoms with Crippen molar-refractivity contribution < 1.29 is 42.7 Å². The standard InChI is InChI=1S/C30H32O9/c1-32-20-10-7-18(8-11-20)9-12-28(31)38-27-17-22-23(34-3)15-21(33-2)16-24(22)39-29(27)19-13-25(35-4)30(37-6)26(14-19)36-5/h7-16,27,29H,17H2,1-6H3/b12-9+/t27-,29-/m1/s1. The second-order valence-electron chi connectivity index (χ2n) is 8.59. The van der Waals surface area contributed by atoms with E-state index in [0.717, 1.165) is 16.9 Å². The van der Waals surface area contributed by atoms with E-state index in [9.17, 15) is 4.79 Å². The van der Waals surface area contributed by atoms with Crippen LogP contribution in [0.15, 0.2) is 54.6 Å². The van der Waals surface area contributed by atoms with Crippen molar-refractivity contribution >= 4 is 12.0 Å². The van der Waals surface area contributed by atoms with E-state index in [4.69, 9.17) is 37.9 Å². The third-order valence-electron chi connectivity index (χ3n) is 6.40. The van der Waals surface area contributed by atoms with Crippen LogP contribution in [-0.4, -0.2) is 54.7 Å². The van der Waals surface area contributed by atoms with Gasteiger partial charge >= 0.3 is 5.97 Å². The van der Waals surface area contributed by atoms with Crippen LogP contribution in [0.2, 0.25) is 0 Å². The summed E-state index contributed by atoms with van der Waals surface area (Å²) in [5, 5.41) is 0. The molecule has 0 saturated heterocycles. The maximum Gasteiger partial charge on any atom is 0.331 e. The van der Waals surface area contributed by atoms with E-state index in [1.807, 2.05) is 24.3 Å². The molecule has 206 valence electrons. The van der Waals surface area contributed by atoms with Crippen molar-refractivity contribution in [1.29, 1.82) is 0 Å². The highest BCUT2D eigenvalue weighted by molar-refractivity contribution is 5.87. The molecule has 0 bridgehead atoms. The zero-order valence-corrected chi connectivity index (χ0v) is 22.8. The summed E-state index contributed by atoms with van der Waals surface area (Å²) in [4.78, 5) is 13.0. The maximum atomic E-state index is 13.0. The van der Waals surface area contributed by atoms with E-state index in [1.165, 1.54) is 27.4 Å². The number of methoxy groups -OCH3 is 6. The molecule has 9 nitrogen and oxygen atoms in total. The Labute approximate surface area is 227 Å². The normalized spacial score (nSPS) is 16.1. The van der Waals surface area contributed by atoms with Crippen LogP contribution in [0, 0.1) is 0 Å². The third kappa shape index (κ3) is 5.98. The highest BCUT2D eigenvalue weighted by atomic mass is 16.6. The van der Waals surface area contributed by atoms with Crippen LogP contribution >= 0.6 is 0 Å². The molecule has 0 amide bonds. The largest absolute Gasteiger partial charge is 0.497 e. The first-order valence-corrected chi connectivity index (χ1v) is 12.2. The van der Waals surface area contributed by atoms with Gasteiger partial charge in [-0.2, -0.15) is 0 Å². The molecule has 1 heterocycles. The van der Waals surface area contributed by atoms with Crippen LogP contribution in [0.5, 0.6) is 40.2 Å². The van der Waals surface area contributed by atoms with Gasteiger partial charge in [-0.15, -0.1) is 0 Å². The van der Waals surface area contributed by atoms with Gasteiger partial charge in [0.25, 0.3) is 0 Å². The fourth-order valence-corrected chi connectivity index (χ4v) is 4.44. The summed E-state index contributed by atoms with van der Waals surface area (Å²) >= 11 is 0. The number of carbonyl (C=O) groups is 1. The van der Waals surface area contributed by atoms with Crippen LogP contribution in [0.25, 0.3) is 6.08 Å². The van der Waals surface area contributed by atoms with Crippen LogP contribution in [0.3, 0.4) is 0 Å². The fraction of sp³-hybridized carbons (Fsp3) is 0.300. The molecule has 0 unspecified atom stereocenters. The van der Waals surface area contributed by atoms with Gasteiger partial charge in [-0.1, -0.05) is 12.1 Å². The Balaban J connectivity index is 1.70. The second kappa shape index (κ2) is 12.3. The Morgan fingerprint density at radius 3 is 1.97 bits per heavy atom. The molecule has 0 spiro atoms. The number of hydrogen-bond acceptors (Lipinski definition) is 9. The molecule has 0 N–H and O–H groups in total. The van der Waals surface area contributed by atoms with Crippen molar-refractivity contribution in [3.8, 4) is 40.2 Å². The summed E-state index contributed by atoms with van der Waals surface area (Å²) in [5.74, 6) is 3.27. The van der Waals surface area contributed by atoms with Crippen LogP contribution in [0.4, 0.5) is 0 Å². The predicted molar refractivity (Wildman–Crippen MR) is 145 cm³/mol. The van der Waals surface area contributed by atoms with Gasteiger partial charge in [-0.3, -0.25) is 0 Å². The van der Waals surface area contributed by atoms with E-state index in [1.54, 1.807) is 51.7 Å². The summed E-state index contributed by atoms with van der Waals surface area (Å²) in [6.45, 7) is 0. The molecule has 0 fully saturated rings. The van der Waals surface area contributed by atoms with Crippen molar-refractivity contribution in [3.63, 3.8) is 0 Å². The lowest BCUT2D eigenvalue weighted by Gasteiger charge is -2.34. The van der Waals surface area contributed by atoms with Crippen LogP contribution in [0.1, 0.15) is 22.8 Å². The number of fused-ring (bicyclic) bond motifs is 1. The summed E-state index contributed by atoms with van der Waals surface area (Å²) in [5.41, 5.74) is 2.26. The number of benzene rings is 3. The molecule has 0 saturated carbocycles. The predicted octanol–water partition coefficient (Wildman–Crippen LogP) is 5.04. The van der Waals surface area contributed by atoms with Crippen molar-refractivity contribution in [2.45, 2.75) is 18.6 Å². The lowest BCUT2D eigenvalue weighted by atomic mass is 9.93. The van der Waals surface area contributed by atoms with Crippen molar-refractivity contribution in [2.75, 3.05) is 42.7 Å². The van der Waals surface area contributed by atoms with Gasteiger partial charge in [0.15, 0.2) is 17.6 Å². The van der Waals surface area contributed by atoms with E-state index in [-0.39, 0.29) is 0 Å². The quantitative estimate of drug-likeness (QED) is 0.261. The highest BCUT2D eigenvalue weighted by Gasteiger charge is 2.37. The maximum absolute atomic E-state index is 13.0. The van der Waals surface area contributed by atoms with Gasteiger partial charge in [0.1, 0.15) is 29.1 Å². The summed E-state index contributed by atoms with van der Waals surface area (Å²) in [6.07, 6.45) is 2.01. The monoisotopic (exact) mass is 536 g/mol. The smallest absolute Gasteiger partial charge is 0.331 e. The van der Waals surface area contributed by atoms with Crippen LogP contribution < -0.4 is 33.2 Å². The van der Waals surface area contributed by atoms with E-state index >= 15 is 0 Å². The Hall–Kier alpha value is -4.53. The molecular weight excluding hydrogens is 504 g/mol. The summed E-state index contributed by atoms with van der Waals surface area (Å²) in [6, 6.07) is 14.4. The number of hydrogen-bond donors (Lipinski definition) is 0. The minimum Gasteiger partial charge on any atom is -0.497 e. The average Bonchev–Trinajstić information content (AvgIpc) is 2.98. The molecule has 1 aliphatic rings. The molecule has 0 aromatic heterocycles. The molecule has 9 heteroatoms. The third-order valence-corrected chi connectivity index (χ3v) is 6.40. The SMILES string of the molecule is COc1ccc(/C=C/C(=O)O[C@@H]2Cc3c(OC)cc(OC)cc3O[C@@H]2c2cc(OC)c(OC)c(OC)c2)cc1. The van der Waals surface area contributed by atoms with Gasteiger partial charge in [0.05, 0.1) is 42.7 Å². The van der Waals surface area contributed by atoms with Crippen LogP contribution in [-0.2, 0) is 16.0 Å². The number of carbonyl (C=O) groups excluding carboxylic acids is 1. The number of rotatable bonds is 10. The van der Waals surface area contributed by atoms with Crippen molar-refractivity contribution in [2.24, 2.45) is 0 Å². The Morgan fingerprint density at radius 2 is 1.41 bits per heavy atom. The zero-order chi connectivity index (χ0) is 27.9. The molecule has 0 aliphatic carbocycles. The molecule has 3 aromatic rings. The Bertz CT molecular complexity index is 1310. The summed E-state index contributed by atoms with van der Waals surface area (Å²) in [7, 11) is 9.34. The van der Waals surface area contributed by atoms with E-state index in [2.05, 4.69) is 0 Å². The molecule has 39 heavy (non-hydrogen) atoms. The first-order valence-electron chi connectivity index (χ1n) is 12.2. The van der Waals surface area contributed by atoms with E-state index in [0.29, 0.717) is 46.5 Å². The minimum absolute atomic E-state index is 0.339. The molecular formula is C30H32O9. The van der Waals surface area contributed by atoms with Gasteiger partial charge in [0, 0.05) is 35.8 Å². The summed E-state index contributed by atoms with van der Waals surface area (Å²) < 4.78 is 45.2. The fourth-order valence-electron chi connectivity index (χ4n) is 4.44. The number of esters is 1. The topological polar surface area (TPSA) is 90.9 Å². The highest BCUT2D eigenvalue weighted by Crippen LogP contribution is 2.46. The van der Waals surface area contributed by atoms with Gasteiger partial charge in [0.2, 0.25) is 5.75 Å². The number of ether oxygens (including phenoxy) is 8. The Morgan fingerprint density at radius 1 is 0.769 bits per heavy atom. The lowest BCUT2D eigenvalue weighted by molar-refractivity contribution is -0.149. The Kier molecular flexibility index (Phi) is 8.70.